The van der Waals surface area contributed by atoms with Crippen molar-refractivity contribution in [2.75, 3.05) is 0 Å². The van der Waals surface area contributed by atoms with Crippen LogP contribution in [-0.4, -0.2) is 25.5 Å². The van der Waals surface area contributed by atoms with Gasteiger partial charge in [-0.05, 0) is 24.0 Å². The van der Waals surface area contributed by atoms with Crippen molar-refractivity contribution in [3.8, 4) is 0 Å². The van der Waals surface area contributed by atoms with E-state index in [9.17, 15) is 18.3 Å². The van der Waals surface area contributed by atoms with E-state index in [0.29, 0.717) is 11.3 Å². The average Bonchev–Trinajstić information content (AvgIpc) is 2.47. The maximum atomic E-state index is 13.0. The third-order valence-corrected chi connectivity index (χ3v) is 11.1. The molecule has 0 spiro atoms. The zero-order valence-electron chi connectivity index (χ0n) is 13.5. The minimum absolute atomic E-state index is 0.0175. The van der Waals surface area contributed by atoms with Crippen LogP contribution in [0.25, 0.3) is 0 Å². The van der Waals surface area contributed by atoms with Crippen LogP contribution in [0.4, 0.5) is 13.2 Å². The second-order valence-corrected chi connectivity index (χ2v) is 11.6. The third kappa shape index (κ3) is 4.85. The fraction of sp³-hybridized carbons (Fsp3) is 0.875. The molecule has 0 heterocycles. The van der Waals surface area contributed by atoms with Crippen LogP contribution in [0.15, 0.2) is 11.3 Å². The lowest BCUT2D eigenvalue weighted by Crippen LogP contribution is -2.43. The molecule has 124 valence electrons. The fourth-order valence-electron chi connectivity index (χ4n) is 3.79. The van der Waals surface area contributed by atoms with E-state index in [1.807, 2.05) is 20.8 Å². The van der Waals surface area contributed by atoms with Crippen molar-refractivity contribution in [3.63, 3.8) is 0 Å². The summed E-state index contributed by atoms with van der Waals surface area (Å²) in [4.78, 5) is 0. The zero-order chi connectivity index (χ0) is 16.1. The van der Waals surface area contributed by atoms with Gasteiger partial charge in [0.25, 0.3) is 0 Å². The molecule has 5 heteroatoms. The Kier molecular flexibility index (Phi) is 6.98. The molecule has 1 fully saturated rings. The molecular formula is C16H29F3OSi. The molecule has 1 aliphatic carbocycles. The van der Waals surface area contributed by atoms with Gasteiger partial charge in [-0.3, -0.25) is 0 Å². The number of hydrogen-bond acceptors (Lipinski definition) is 1. The van der Waals surface area contributed by atoms with Crippen LogP contribution in [-0.2, 0) is 0 Å². The molecule has 0 aromatic rings. The maximum Gasteiger partial charge on any atom is 0.409 e. The Balaban J connectivity index is 3.15. The molecule has 1 nitrogen and oxygen atoms in total. The van der Waals surface area contributed by atoms with Gasteiger partial charge in [0.05, 0.1) is 14.2 Å². The van der Waals surface area contributed by atoms with Crippen LogP contribution < -0.4 is 0 Å². The van der Waals surface area contributed by atoms with Crippen LogP contribution >= 0.6 is 0 Å². The first-order valence-electron chi connectivity index (χ1n) is 8.27. The van der Waals surface area contributed by atoms with E-state index in [1.54, 1.807) is 0 Å². The Morgan fingerprint density at radius 2 is 1.57 bits per heavy atom. The largest absolute Gasteiger partial charge is 0.409 e. The van der Waals surface area contributed by atoms with Crippen molar-refractivity contribution in [1.82, 2.24) is 0 Å². The van der Waals surface area contributed by atoms with E-state index in [2.05, 4.69) is 0 Å². The predicted octanol–water partition coefficient (Wildman–Crippen LogP) is 5.46. The highest BCUT2D eigenvalue weighted by Crippen LogP contribution is 2.39. The van der Waals surface area contributed by atoms with Gasteiger partial charge in [-0.15, -0.1) is 0 Å². The summed E-state index contributed by atoms with van der Waals surface area (Å²) in [5.41, 5.74) is 0. The van der Waals surface area contributed by atoms with Crippen molar-refractivity contribution < 1.29 is 18.3 Å². The van der Waals surface area contributed by atoms with Crippen LogP contribution in [0.3, 0.4) is 0 Å². The lowest BCUT2D eigenvalue weighted by Gasteiger charge is -2.38. The molecule has 1 saturated carbocycles. The Hall–Kier alpha value is -0.293. The summed E-state index contributed by atoms with van der Waals surface area (Å²) in [5, 5.41) is 11.0. The highest BCUT2D eigenvalue weighted by Gasteiger charge is 2.41. The highest BCUT2D eigenvalue weighted by atomic mass is 28.3. The lowest BCUT2D eigenvalue weighted by molar-refractivity contribution is -0.0813. The molecule has 0 aromatic carbocycles. The van der Waals surface area contributed by atoms with Gasteiger partial charge in [-0.1, -0.05) is 58.2 Å². The van der Waals surface area contributed by atoms with Crippen molar-refractivity contribution in [3.05, 3.63) is 11.3 Å². The molecule has 0 saturated heterocycles. The number of allylic oxidation sites excluding steroid dienone is 1. The number of alkyl halides is 3. The molecule has 1 rings (SSSR count). The summed E-state index contributed by atoms with van der Waals surface area (Å²) in [7, 11) is -2.21. The zero-order valence-corrected chi connectivity index (χ0v) is 14.5. The second kappa shape index (κ2) is 7.81. The van der Waals surface area contributed by atoms with Gasteiger partial charge >= 0.3 is 6.18 Å². The summed E-state index contributed by atoms with van der Waals surface area (Å²) in [5.74, 6) is 0.0175. The standard InChI is InChI=1S/C16H29F3OSi/c1-4-21(5-2,6-3)14(12-16(17,18)19)15(20)13-10-8-7-9-11-13/h12-13,15,20H,4-11H2,1-3H3/b14-12+. The molecule has 0 aromatic heterocycles. The molecule has 1 unspecified atom stereocenters. The predicted molar refractivity (Wildman–Crippen MR) is 83.9 cm³/mol. The third-order valence-electron chi connectivity index (χ3n) is 5.38. The van der Waals surface area contributed by atoms with Crippen LogP contribution in [0.2, 0.25) is 18.1 Å². The molecule has 0 aliphatic heterocycles. The fourth-order valence-corrected chi connectivity index (χ4v) is 7.85. The van der Waals surface area contributed by atoms with E-state index >= 15 is 0 Å². The normalized spacial score (nSPS) is 20.6. The van der Waals surface area contributed by atoms with E-state index in [1.165, 1.54) is 0 Å². The molecule has 1 aliphatic rings. The van der Waals surface area contributed by atoms with Crippen molar-refractivity contribution in [2.24, 2.45) is 5.92 Å². The van der Waals surface area contributed by atoms with Crippen LogP contribution in [0, 0.1) is 5.92 Å². The lowest BCUT2D eigenvalue weighted by atomic mass is 9.85. The van der Waals surface area contributed by atoms with Crippen LogP contribution in [0.1, 0.15) is 52.9 Å². The van der Waals surface area contributed by atoms with E-state index in [-0.39, 0.29) is 5.92 Å². The van der Waals surface area contributed by atoms with Crippen molar-refractivity contribution in [1.29, 1.82) is 0 Å². The molecule has 1 N–H and O–H groups in total. The van der Waals surface area contributed by atoms with Gasteiger partial charge in [-0.25, -0.2) is 0 Å². The molecular weight excluding hydrogens is 293 g/mol. The summed E-state index contributed by atoms with van der Waals surface area (Å²) in [6.45, 7) is 5.95. The smallest absolute Gasteiger partial charge is 0.389 e. The summed E-state index contributed by atoms with van der Waals surface area (Å²) in [6.07, 6.45) is 0.144. The van der Waals surface area contributed by atoms with Gasteiger partial charge in [0.1, 0.15) is 0 Å². The van der Waals surface area contributed by atoms with Crippen LogP contribution in [0.5, 0.6) is 0 Å². The highest BCUT2D eigenvalue weighted by molar-refractivity contribution is 6.86. The maximum absolute atomic E-state index is 13.0. The van der Waals surface area contributed by atoms with Crippen molar-refractivity contribution in [2.45, 2.75) is 83.3 Å². The monoisotopic (exact) mass is 322 g/mol. The number of hydrogen-bond donors (Lipinski definition) is 1. The number of rotatable bonds is 6. The Morgan fingerprint density at radius 3 is 1.95 bits per heavy atom. The average molecular weight is 322 g/mol. The minimum Gasteiger partial charge on any atom is -0.389 e. The Bertz CT molecular complexity index is 334. The van der Waals surface area contributed by atoms with E-state index < -0.39 is 20.4 Å². The molecule has 0 radical (unpaired) electrons. The summed E-state index contributed by atoms with van der Waals surface area (Å²) >= 11 is 0. The number of halogens is 3. The Morgan fingerprint density at radius 1 is 1.10 bits per heavy atom. The van der Waals surface area contributed by atoms with Gasteiger partial charge in [0.15, 0.2) is 0 Å². The second-order valence-electron chi connectivity index (χ2n) is 6.33. The van der Waals surface area contributed by atoms with Gasteiger partial charge in [0.2, 0.25) is 0 Å². The quantitative estimate of drug-likeness (QED) is 0.643. The molecule has 0 amide bonds. The van der Waals surface area contributed by atoms with E-state index in [0.717, 1.165) is 50.2 Å². The minimum atomic E-state index is -4.33. The van der Waals surface area contributed by atoms with Crippen molar-refractivity contribution >= 4 is 8.07 Å². The summed E-state index contributed by atoms with van der Waals surface area (Å²) < 4.78 is 39.0. The number of aliphatic hydroxyl groups excluding tert-OH is 1. The Labute approximate surface area is 127 Å². The topological polar surface area (TPSA) is 20.2 Å². The summed E-state index contributed by atoms with van der Waals surface area (Å²) in [6, 6.07) is 2.31. The molecule has 21 heavy (non-hydrogen) atoms. The number of aliphatic hydroxyl groups is 1. The van der Waals surface area contributed by atoms with Gasteiger partial charge < -0.3 is 5.11 Å². The molecule has 1 atom stereocenters. The first-order chi connectivity index (χ1) is 9.79. The first-order valence-corrected chi connectivity index (χ1v) is 10.9. The van der Waals surface area contributed by atoms with Gasteiger partial charge in [-0.2, -0.15) is 13.2 Å². The SMILES string of the molecule is CC[Si](CC)(CC)/C(=C/C(F)(F)F)C(O)C1CCCCC1. The van der Waals surface area contributed by atoms with Gasteiger partial charge in [0, 0.05) is 6.08 Å². The first kappa shape index (κ1) is 18.8. The van der Waals surface area contributed by atoms with E-state index in [4.69, 9.17) is 0 Å². The molecule has 0 bridgehead atoms.